The molecule has 1 aliphatic rings. The minimum atomic E-state index is -0.0146. The highest BCUT2D eigenvalue weighted by molar-refractivity contribution is 5.97. The molecule has 1 saturated heterocycles. The van der Waals surface area contributed by atoms with Crippen LogP contribution in [0.5, 0.6) is 5.75 Å². The van der Waals surface area contributed by atoms with Crippen LogP contribution in [0.25, 0.3) is 0 Å². The highest BCUT2D eigenvalue weighted by Crippen LogP contribution is 2.22. The topological polar surface area (TPSA) is 64.8 Å². The molecular weight excluding hydrogens is 244 g/mol. The van der Waals surface area contributed by atoms with E-state index in [-0.39, 0.29) is 11.9 Å². The van der Waals surface area contributed by atoms with Crippen molar-refractivity contribution in [3.63, 3.8) is 0 Å². The van der Waals surface area contributed by atoms with Gasteiger partial charge in [0, 0.05) is 6.54 Å². The first-order valence-corrected chi connectivity index (χ1v) is 6.49. The Balaban J connectivity index is 2.21. The lowest BCUT2D eigenvalue weighted by molar-refractivity contribution is -0.00358. The molecule has 104 valence electrons. The van der Waals surface area contributed by atoms with Gasteiger partial charge in [-0.25, -0.2) is 0 Å². The van der Waals surface area contributed by atoms with E-state index in [2.05, 4.69) is 0 Å². The summed E-state index contributed by atoms with van der Waals surface area (Å²) in [6.07, 6.45) is 0.751. The van der Waals surface area contributed by atoms with Crippen molar-refractivity contribution in [2.24, 2.45) is 5.73 Å². The van der Waals surface area contributed by atoms with Gasteiger partial charge >= 0.3 is 0 Å². The lowest BCUT2D eigenvalue weighted by atomic mass is 10.1. The average Bonchev–Trinajstić information content (AvgIpc) is 2.47. The normalized spacial score (nSPS) is 19.3. The number of ether oxygens (including phenoxy) is 2. The third kappa shape index (κ3) is 3.05. The molecule has 1 amide bonds. The van der Waals surface area contributed by atoms with Crippen LogP contribution in [-0.4, -0.2) is 50.3 Å². The Bertz CT molecular complexity index is 434. The largest absolute Gasteiger partial charge is 0.496 e. The standard InChI is InChI=1S/C14H20N2O3/c1-18-13-5-3-2-4-12(13)14(17)16-8-9-19-10-11(16)6-7-15/h2-5,11H,6-10,15H2,1H3. The fourth-order valence-electron chi connectivity index (χ4n) is 2.33. The highest BCUT2D eigenvalue weighted by Gasteiger charge is 2.28. The van der Waals surface area contributed by atoms with Gasteiger partial charge in [-0.1, -0.05) is 12.1 Å². The van der Waals surface area contributed by atoms with Gasteiger partial charge in [-0.3, -0.25) is 4.79 Å². The fourth-order valence-corrected chi connectivity index (χ4v) is 2.33. The summed E-state index contributed by atoms with van der Waals surface area (Å²) in [4.78, 5) is 14.5. The molecule has 1 aliphatic heterocycles. The van der Waals surface area contributed by atoms with Crippen LogP contribution in [0.1, 0.15) is 16.8 Å². The van der Waals surface area contributed by atoms with Gasteiger partial charge in [0.25, 0.3) is 5.91 Å². The number of nitrogens with two attached hydrogens (primary N) is 1. The van der Waals surface area contributed by atoms with Gasteiger partial charge in [0.15, 0.2) is 0 Å². The van der Waals surface area contributed by atoms with E-state index >= 15 is 0 Å². The number of hydrogen-bond acceptors (Lipinski definition) is 4. The van der Waals surface area contributed by atoms with Crippen LogP contribution < -0.4 is 10.5 Å². The second-order valence-electron chi connectivity index (χ2n) is 4.50. The lowest BCUT2D eigenvalue weighted by Crippen LogP contribution is -2.49. The van der Waals surface area contributed by atoms with E-state index in [1.165, 1.54) is 0 Å². The molecule has 5 heteroatoms. The van der Waals surface area contributed by atoms with Crippen molar-refractivity contribution in [2.45, 2.75) is 12.5 Å². The minimum absolute atomic E-state index is 0.0146. The average molecular weight is 264 g/mol. The molecule has 0 aromatic heterocycles. The van der Waals surface area contributed by atoms with E-state index in [1.54, 1.807) is 19.2 Å². The molecule has 1 aromatic rings. The van der Waals surface area contributed by atoms with E-state index in [9.17, 15) is 4.79 Å². The molecule has 1 atom stereocenters. The van der Waals surface area contributed by atoms with Crippen LogP contribution in [0.4, 0.5) is 0 Å². The number of hydrogen-bond donors (Lipinski definition) is 1. The van der Waals surface area contributed by atoms with Crippen LogP contribution in [0.3, 0.4) is 0 Å². The summed E-state index contributed by atoms with van der Waals surface area (Å²) >= 11 is 0. The first-order valence-electron chi connectivity index (χ1n) is 6.49. The molecule has 1 unspecified atom stereocenters. The van der Waals surface area contributed by atoms with Crippen LogP contribution in [0.2, 0.25) is 0 Å². The summed E-state index contributed by atoms with van der Waals surface area (Å²) in [6, 6.07) is 7.33. The molecular formula is C14H20N2O3. The van der Waals surface area contributed by atoms with Crippen molar-refractivity contribution in [1.29, 1.82) is 0 Å². The Morgan fingerprint density at radius 2 is 2.32 bits per heavy atom. The molecule has 2 N–H and O–H groups in total. The summed E-state index contributed by atoms with van der Waals surface area (Å²) < 4.78 is 10.7. The van der Waals surface area contributed by atoms with Gasteiger partial charge in [-0.2, -0.15) is 0 Å². The first-order chi connectivity index (χ1) is 9.27. The zero-order valence-electron chi connectivity index (χ0n) is 11.2. The monoisotopic (exact) mass is 264 g/mol. The van der Waals surface area contributed by atoms with Crippen molar-refractivity contribution >= 4 is 5.91 Å². The first kappa shape index (κ1) is 13.8. The maximum absolute atomic E-state index is 12.6. The van der Waals surface area contributed by atoms with Crippen LogP contribution in [0, 0.1) is 0 Å². The van der Waals surface area contributed by atoms with Crippen molar-refractivity contribution in [3.8, 4) is 5.75 Å². The predicted octanol–water partition coefficient (Wildman–Crippen LogP) is 0.885. The van der Waals surface area contributed by atoms with E-state index in [4.69, 9.17) is 15.2 Å². The number of amides is 1. The summed E-state index contributed by atoms with van der Waals surface area (Å²) in [5, 5.41) is 0. The predicted molar refractivity (Wildman–Crippen MR) is 72.3 cm³/mol. The van der Waals surface area contributed by atoms with Crippen molar-refractivity contribution in [2.75, 3.05) is 33.4 Å². The quantitative estimate of drug-likeness (QED) is 0.877. The van der Waals surface area contributed by atoms with Crippen molar-refractivity contribution < 1.29 is 14.3 Å². The number of methoxy groups -OCH3 is 1. The lowest BCUT2D eigenvalue weighted by Gasteiger charge is -2.35. The molecule has 0 spiro atoms. The van der Waals surface area contributed by atoms with E-state index in [1.807, 2.05) is 17.0 Å². The molecule has 1 fully saturated rings. The Morgan fingerprint density at radius 1 is 1.53 bits per heavy atom. The second-order valence-corrected chi connectivity index (χ2v) is 4.50. The third-order valence-corrected chi connectivity index (χ3v) is 3.33. The van der Waals surface area contributed by atoms with Crippen LogP contribution in [0.15, 0.2) is 24.3 Å². The molecule has 1 aromatic carbocycles. The number of rotatable bonds is 4. The summed E-state index contributed by atoms with van der Waals surface area (Å²) in [6.45, 7) is 2.27. The van der Waals surface area contributed by atoms with Gasteiger partial charge < -0.3 is 20.1 Å². The number of nitrogens with zero attached hydrogens (tertiary/aromatic N) is 1. The molecule has 19 heavy (non-hydrogen) atoms. The summed E-state index contributed by atoms with van der Waals surface area (Å²) in [7, 11) is 1.57. The second kappa shape index (κ2) is 6.54. The zero-order chi connectivity index (χ0) is 13.7. The van der Waals surface area contributed by atoms with Crippen molar-refractivity contribution in [1.82, 2.24) is 4.90 Å². The molecule has 0 saturated carbocycles. The number of carbonyl (C=O) groups excluding carboxylic acids is 1. The highest BCUT2D eigenvalue weighted by atomic mass is 16.5. The molecule has 5 nitrogen and oxygen atoms in total. The molecule has 0 radical (unpaired) electrons. The molecule has 0 aliphatic carbocycles. The number of para-hydroxylation sites is 1. The Morgan fingerprint density at radius 3 is 3.05 bits per heavy atom. The zero-order valence-corrected chi connectivity index (χ0v) is 11.2. The van der Waals surface area contributed by atoms with E-state index in [0.29, 0.717) is 37.6 Å². The van der Waals surface area contributed by atoms with Gasteiger partial charge in [0.2, 0.25) is 0 Å². The van der Waals surface area contributed by atoms with Gasteiger partial charge in [0.1, 0.15) is 5.75 Å². The van der Waals surface area contributed by atoms with Crippen molar-refractivity contribution in [3.05, 3.63) is 29.8 Å². The maximum atomic E-state index is 12.6. The van der Waals surface area contributed by atoms with E-state index < -0.39 is 0 Å². The number of benzene rings is 1. The Kier molecular flexibility index (Phi) is 4.76. The fraction of sp³-hybridized carbons (Fsp3) is 0.500. The molecule has 2 rings (SSSR count). The summed E-state index contributed by atoms with van der Waals surface area (Å²) in [5.41, 5.74) is 6.19. The SMILES string of the molecule is COc1ccccc1C(=O)N1CCOCC1CCN. The smallest absolute Gasteiger partial charge is 0.258 e. The Hall–Kier alpha value is -1.59. The van der Waals surface area contributed by atoms with E-state index in [0.717, 1.165) is 6.42 Å². The van der Waals surface area contributed by atoms with Gasteiger partial charge in [-0.05, 0) is 25.1 Å². The summed E-state index contributed by atoms with van der Waals surface area (Å²) in [5.74, 6) is 0.588. The maximum Gasteiger partial charge on any atom is 0.258 e. The molecule has 0 bridgehead atoms. The molecule has 1 heterocycles. The van der Waals surface area contributed by atoms with Crippen LogP contribution >= 0.6 is 0 Å². The number of morpholine rings is 1. The van der Waals surface area contributed by atoms with Gasteiger partial charge in [0.05, 0.1) is 31.9 Å². The minimum Gasteiger partial charge on any atom is -0.496 e. The third-order valence-electron chi connectivity index (χ3n) is 3.33. The Labute approximate surface area is 113 Å². The van der Waals surface area contributed by atoms with Crippen LogP contribution in [-0.2, 0) is 4.74 Å². The van der Waals surface area contributed by atoms with Gasteiger partial charge in [-0.15, -0.1) is 0 Å². The number of carbonyl (C=O) groups is 1.